The zero-order chi connectivity index (χ0) is 23.4. The highest BCUT2D eigenvalue weighted by atomic mass is 32.1. The topological polar surface area (TPSA) is 127 Å². The molecular weight excluding hydrogens is 436 g/mol. The van der Waals surface area contributed by atoms with Gasteiger partial charge < -0.3 is 20.1 Å². The highest BCUT2D eigenvalue weighted by Crippen LogP contribution is 2.28. The number of esters is 1. The van der Waals surface area contributed by atoms with Crippen molar-refractivity contribution in [1.29, 1.82) is 0 Å². The molecule has 3 rings (SSSR count). The third kappa shape index (κ3) is 4.88. The van der Waals surface area contributed by atoms with E-state index in [1.54, 1.807) is 24.3 Å². The minimum absolute atomic E-state index is 0.0177. The summed E-state index contributed by atoms with van der Waals surface area (Å²) < 4.78 is 9.81. The molecule has 0 aliphatic carbocycles. The lowest BCUT2D eigenvalue weighted by molar-refractivity contribution is -0.134. The van der Waals surface area contributed by atoms with Gasteiger partial charge in [0.05, 0.1) is 14.2 Å². The maximum atomic E-state index is 13.2. The molecule has 10 nitrogen and oxygen atoms in total. The number of hydrogen-bond acceptors (Lipinski definition) is 8. The number of urea groups is 1. The number of nitrogens with zero attached hydrogens (tertiary/aromatic N) is 2. The predicted molar refractivity (Wildman–Crippen MR) is 116 cm³/mol. The summed E-state index contributed by atoms with van der Waals surface area (Å²) in [5.41, 5.74) is 0.609. The first-order valence-corrected chi connectivity index (χ1v) is 10.7. The predicted octanol–water partition coefficient (Wildman–Crippen LogP) is 2.58. The second kappa shape index (κ2) is 9.77. The van der Waals surface area contributed by atoms with E-state index in [2.05, 4.69) is 20.4 Å². The molecule has 2 unspecified atom stereocenters. The van der Waals surface area contributed by atoms with E-state index in [4.69, 9.17) is 4.74 Å². The number of benzene rings is 1. The van der Waals surface area contributed by atoms with E-state index in [-0.39, 0.29) is 23.2 Å². The van der Waals surface area contributed by atoms with Crippen LogP contribution >= 0.6 is 11.3 Å². The Morgan fingerprint density at radius 1 is 1.28 bits per heavy atom. The lowest BCUT2D eigenvalue weighted by atomic mass is 10.0. The summed E-state index contributed by atoms with van der Waals surface area (Å²) in [4.78, 5) is 55.6. The van der Waals surface area contributed by atoms with Gasteiger partial charge in [-0.25, -0.2) is 19.5 Å². The lowest BCUT2D eigenvalue weighted by Crippen LogP contribution is -2.48. The summed E-state index contributed by atoms with van der Waals surface area (Å²) in [7, 11) is 2.74. The molecule has 2 heterocycles. The van der Waals surface area contributed by atoms with Crippen molar-refractivity contribution < 1.29 is 28.7 Å². The third-order valence-electron chi connectivity index (χ3n) is 4.84. The Bertz CT molecular complexity index is 1040. The fourth-order valence-electron chi connectivity index (χ4n) is 3.33. The van der Waals surface area contributed by atoms with Gasteiger partial charge in [-0.1, -0.05) is 26.0 Å². The van der Waals surface area contributed by atoms with Gasteiger partial charge in [0.1, 0.15) is 17.8 Å². The number of nitrogens with one attached hydrogen (secondary N) is 2. The first-order chi connectivity index (χ1) is 15.2. The maximum Gasteiger partial charge on any atom is 0.357 e. The normalized spacial score (nSPS) is 16.7. The van der Waals surface area contributed by atoms with E-state index in [0.717, 1.165) is 16.2 Å². The Balaban J connectivity index is 1.83. The van der Waals surface area contributed by atoms with E-state index in [9.17, 15) is 19.2 Å². The van der Waals surface area contributed by atoms with Gasteiger partial charge in [0.15, 0.2) is 10.8 Å². The molecule has 1 aliphatic rings. The molecule has 1 saturated heterocycles. The Morgan fingerprint density at radius 3 is 2.69 bits per heavy atom. The molecule has 2 N–H and O–H groups in total. The van der Waals surface area contributed by atoms with Crippen molar-refractivity contribution in [2.75, 3.05) is 19.5 Å². The van der Waals surface area contributed by atoms with E-state index in [0.29, 0.717) is 11.3 Å². The van der Waals surface area contributed by atoms with Crippen LogP contribution < -0.4 is 15.4 Å². The molecular formula is C21H24N4O6S. The monoisotopic (exact) mass is 460 g/mol. The quantitative estimate of drug-likeness (QED) is 0.458. The second-order valence-electron chi connectivity index (χ2n) is 7.53. The number of amides is 4. The molecule has 2 atom stereocenters. The van der Waals surface area contributed by atoms with E-state index in [1.165, 1.54) is 19.6 Å². The van der Waals surface area contributed by atoms with E-state index >= 15 is 0 Å². The van der Waals surface area contributed by atoms with Crippen LogP contribution in [0.25, 0.3) is 0 Å². The molecule has 0 saturated carbocycles. The average molecular weight is 461 g/mol. The van der Waals surface area contributed by atoms with Gasteiger partial charge in [-0.2, -0.15) is 0 Å². The Morgan fingerprint density at radius 2 is 2.03 bits per heavy atom. The summed E-state index contributed by atoms with van der Waals surface area (Å²) in [6.45, 7) is 3.77. The molecule has 0 spiro atoms. The highest BCUT2D eigenvalue weighted by molar-refractivity contribution is 7.14. The van der Waals surface area contributed by atoms with Crippen molar-refractivity contribution in [1.82, 2.24) is 15.2 Å². The van der Waals surface area contributed by atoms with Crippen LogP contribution in [0.5, 0.6) is 5.75 Å². The molecule has 0 radical (unpaired) electrons. The first-order valence-electron chi connectivity index (χ1n) is 9.87. The molecule has 1 aliphatic heterocycles. The van der Waals surface area contributed by atoms with Crippen LogP contribution in [0.2, 0.25) is 0 Å². The number of aromatic nitrogens is 1. The van der Waals surface area contributed by atoms with Gasteiger partial charge in [-0.3, -0.25) is 9.59 Å². The Labute approximate surface area is 188 Å². The molecule has 1 fully saturated rings. The highest BCUT2D eigenvalue weighted by Gasteiger charge is 2.45. The van der Waals surface area contributed by atoms with Gasteiger partial charge in [0.2, 0.25) is 5.91 Å². The van der Waals surface area contributed by atoms with Gasteiger partial charge in [0, 0.05) is 5.38 Å². The van der Waals surface area contributed by atoms with Crippen molar-refractivity contribution in [2.24, 2.45) is 5.92 Å². The number of carbonyl (C=O) groups excluding carboxylic acids is 4. The summed E-state index contributed by atoms with van der Waals surface area (Å²) in [6, 6.07) is 4.18. The zero-order valence-corrected chi connectivity index (χ0v) is 18.9. The number of methoxy groups -OCH3 is 2. The summed E-state index contributed by atoms with van der Waals surface area (Å²) in [6.07, 6.45) is 0.255. The van der Waals surface area contributed by atoms with Crippen molar-refractivity contribution in [3.63, 3.8) is 0 Å². The zero-order valence-electron chi connectivity index (χ0n) is 18.1. The minimum Gasteiger partial charge on any atom is -0.497 e. The largest absolute Gasteiger partial charge is 0.497 e. The van der Waals surface area contributed by atoms with Crippen molar-refractivity contribution >= 4 is 40.3 Å². The van der Waals surface area contributed by atoms with Crippen molar-refractivity contribution in [2.45, 2.75) is 32.4 Å². The number of thiazole rings is 1. The molecule has 4 amide bonds. The molecule has 1 aromatic carbocycles. The third-order valence-corrected chi connectivity index (χ3v) is 5.59. The number of anilines is 1. The number of rotatable bonds is 8. The van der Waals surface area contributed by atoms with Crippen LogP contribution in [0.1, 0.15) is 42.4 Å². The molecule has 170 valence electrons. The van der Waals surface area contributed by atoms with Crippen molar-refractivity contribution in [3.8, 4) is 5.75 Å². The maximum absolute atomic E-state index is 13.2. The summed E-state index contributed by atoms with van der Waals surface area (Å²) in [5, 5.41) is 6.87. The second-order valence-corrected chi connectivity index (χ2v) is 8.39. The number of imide groups is 1. The van der Waals surface area contributed by atoms with E-state index < -0.39 is 35.9 Å². The van der Waals surface area contributed by atoms with E-state index in [1.807, 2.05) is 13.8 Å². The molecule has 32 heavy (non-hydrogen) atoms. The average Bonchev–Trinajstić information content (AvgIpc) is 3.35. The van der Waals surface area contributed by atoms with Gasteiger partial charge in [0.25, 0.3) is 5.91 Å². The summed E-state index contributed by atoms with van der Waals surface area (Å²) in [5.74, 6) is -1.16. The fourth-order valence-corrected chi connectivity index (χ4v) is 4.01. The first kappa shape index (κ1) is 23.2. The summed E-state index contributed by atoms with van der Waals surface area (Å²) >= 11 is 1.04. The van der Waals surface area contributed by atoms with Crippen LogP contribution in [0.15, 0.2) is 29.6 Å². The van der Waals surface area contributed by atoms with Gasteiger partial charge >= 0.3 is 12.0 Å². The Hall–Kier alpha value is -3.47. The SMILES string of the molecule is COC(=O)c1csc(NC(=O)C(CC(C)C)N2C(=O)NC(c3cccc(OC)c3)C2=O)n1. The molecule has 11 heteroatoms. The van der Waals surface area contributed by atoms with Crippen molar-refractivity contribution in [3.05, 3.63) is 40.9 Å². The Kier molecular flexibility index (Phi) is 7.08. The van der Waals surface area contributed by atoms with Crippen LogP contribution in [0.3, 0.4) is 0 Å². The minimum atomic E-state index is -1.05. The van der Waals surface area contributed by atoms with Crippen LogP contribution in [-0.4, -0.2) is 54.0 Å². The number of ether oxygens (including phenoxy) is 2. The molecule has 1 aromatic heterocycles. The van der Waals surface area contributed by atoms with Crippen LogP contribution in [0, 0.1) is 5.92 Å². The van der Waals surface area contributed by atoms with Gasteiger partial charge in [-0.15, -0.1) is 11.3 Å². The number of hydrogen-bond donors (Lipinski definition) is 2. The van der Waals surface area contributed by atoms with Crippen LogP contribution in [-0.2, 0) is 14.3 Å². The van der Waals surface area contributed by atoms with Gasteiger partial charge in [-0.05, 0) is 30.0 Å². The molecule has 2 aromatic rings. The lowest BCUT2D eigenvalue weighted by Gasteiger charge is -2.25. The number of carbonyl (C=O) groups is 4. The fraction of sp³-hybridized carbons (Fsp3) is 0.381. The molecule has 0 bridgehead atoms. The van der Waals surface area contributed by atoms with Crippen LogP contribution in [0.4, 0.5) is 9.93 Å². The standard InChI is InChI=1S/C21H24N4O6S/c1-11(2)8-15(17(26)24-20-22-14(10-32-20)19(28)31-4)25-18(27)16(23-21(25)29)12-6-5-7-13(9-12)30-3/h5-7,9-11,15-16H,8H2,1-4H3,(H,23,29)(H,22,24,26). The smallest absolute Gasteiger partial charge is 0.357 e.